The highest BCUT2D eigenvalue weighted by Crippen LogP contribution is 2.19. The second-order valence-corrected chi connectivity index (χ2v) is 6.43. The number of H-pyrrole nitrogens is 1. The van der Waals surface area contributed by atoms with Crippen molar-refractivity contribution < 1.29 is 0 Å². The maximum atomic E-state index is 4.69. The molecule has 0 saturated carbocycles. The van der Waals surface area contributed by atoms with Crippen LogP contribution in [-0.2, 0) is 0 Å². The quantitative estimate of drug-likeness (QED) is 0.908. The Bertz CT molecular complexity index is 548. The summed E-state index contributed by atoms with van der Waals surface area (Å²) in [5.74, 6) is 1.04. The molecule has 1 fully saturated rings. The third-order valence-electron chi connectivity index (χ3n) is 4.56. The van der Waals surface area contributed by atoms with Crippen LogP contribution in [0.3, 0.4) is 0 Å². The van der Waals surface area contributed by atoms with Crippen LogP contribution in [0.15, 0.2) is 24.3 Å². The summed E-state index contributed by atoms with van der Waals surface area (Å²) in [5, 5.41) is 3.74. The van der Waals surface area contributed by atoms with Crippen LogP contribution in [0.5, 0.6) is 0 Å². The van der Waals surface area contributed by atoms with Gasteiger partial charge in [0.25, 0.3) is 0 Å². The number of nitrogens with one attached hydrogen (secondary N) is 2. The fourth-order valence-corrected chi connectivity index (χ4v) is 3.19. The average molecular weight is 286 g/mol. The number of hydrogen-bond acceptors (Lipinski definition) is 3. The molecule has 21 heavy (non-hydrogen) atoms. The van der Waals surface area contributed by atoms with Crippen LogP contribution in [0.1, 0.15) is 45.5 Å². The second kappa shape index (κ2) is 6.16. The van der Waals surface area contributed by atoms with Crippen LogP contribution >= 0.6 is 0 Å². The zero-order valence-electron chi connectivity index (χ0n) is 13.3. The molecule has 0 amide bonds. The first kappa shape index (κ1) is 14.5. The largest absolute Gasteiger partial charge is 0.341 e. The van der Waals surface area contributed by atoms with Crippen LogP contribution in [0.25, 0.3) is 11.0 Å². The molecule has 1 aliphatic heterocycles. The van der Waals surface area contributed by atoms with E-state index >= 15 is 0 Å². The van der Waals surface area contributed by atoms with Crippen molar-refractivity contribution >= 4 is 11.0 Å². The Labute approximate surface area is 126 Å². The van der Waals surface area contributed by atoms with Gasteiger partial charge in [0.1, 0.15) is 5.82 Å². The first-order valence-electron chi connectivity index (χ1n) is 8.08. The maximum absolute atomic E-state index is 4.69. The van der Waals surface area contributed by atoms with E-state index in [1.165, 1.54) is 25.9 Å². The lowest BCUT2D eigenvalue weighted by Crippen LogP contribution is -2.45. The van der Waals surface area contributed by atoms with E-state index in [-0.39, 0.29) is 6.04 Å². The predicted molar refractivity (Wildman–Crippen MR) is 87.4 cm³/mol. The molecular formula is C17H26N4. The summed E-state index contributed by atoms with van der Waals surface area (Å²) in [4.78, 5) is 10.7. The van der Waals surface area contributed by atoms with E-state index in [9.17, 15) is 0 Å². The molecule has 114 valence electrons. The number of para-hydroxylation sites is 2. The van der Waals surface area contributed by atoms with Crippen molar-refractivity contribution in [1.29, 1.82) is 0 Å². The summed E-state index contributed by atoms with van der Waals surface area (Å²) < 4.78 is 0. The number of piperidine rings is 1. The predicted octanol–water partition coefficient (Wildman–Crippen LogP) is 3.09. The van der Waals surface area contributed by atoms with E-state index < -0.39 is 0 Å². The minimum atomic E-state index is 0.271. The minimum absolute atomic E-state index is 0.271. The van der Waals surface area contributed by atoms with E-state index in [1.807, 2.05) is 12.1 Å². The van der Waals surface area contributed by atoms with Crippen molar-refractivity contribution in [2.75, 3.05) is 13.1 Å². The van der Waals surface area contributed by atoms with Gasteiger partial charge in [0.05, 0.1) is 17.1 Å². The number of imidazole rings is 1. The number of aromatic amines is 1. The van der Waals surface area contributed by atoms with E-state index in [1.54, 1.807) is 0 Å². The van der Waals surface area contributed by atoms with Crippen LogP contribution in [0, 0.1) is 0 Å². The Balaban J connectivity index is 1.60. The summed E-state index contributed by atoms with van der Waals surface area (Å²) in [6.45, 7) is 9.16. The standard InChI is InChI=1S/C17H26N4/c1-12(2)21-10-8-14(9-11-21)18-13(3)17-19-15-6-4-5-7-16(15)20-17/h4-7,12-14,18H,8-11H2,1-3H3,(H,19,20). The topological polar surface area (TPSA) is 44.0 Å². The van der Waals surface area contributed by atoms with Crippen LogP contribution < -0.4 is 5.32 Å². The van der Waals surface area contributed by atoms with Gasteiger partial charge in [-0.15, -0.1) is 0 Å². The number of likely N-dealkylation sites (tertiary alicyclic amines) is 1. The van der Waals surface area contributed by atoms with E-state index in [0.29, 0.717) is 12.1 Å². The molecule has 0 aliphatic carbocycles. The molecule has 0 bridgehead atoms. The van der Waals surface area contributed by atoms with Crippen LogP contribution in [0.2, 0.25) is 0 Å². The van der Waals surface area contributed by atoms with Crippen LogP contribution in [0.4, 0.5) is 0 Å². The van der Waals surface area contributed by atoms with Gasteiger partial charge in [-0.05, 0) is 58.8 Å². The molecule has 0 spiro atoms. The third kappa shape index (κ3) is 3.27. The van der Waals surface area contributed by atoms with Crippen molar-refractivity contribution in [1.82, 2.24) is 20.2 Å². The summed E-state index contributed by atoms with van der Waals surface area (Å²) in [6.07, 6.45) is 2.45. The first-order valence-corrected chi connectivity index (χ1v) is 8.08. The van der Waals surface area contributed by atoms with Gasteiger partial charge < -0.3 is 15.2 Å². The van der Waals surface area contributed by atoms with Gasteiger partial charge in [0, 0.05) is 12.1 Å². The normalized spacial score (nSPS) is 19.4. The monoisotopic (exact) mass is 286 g/mol. The molecule has 1 aromatic heterocycles. The molecule has 1 aromatic carbocycles. The summed E-state index contributed by atoms with van der Waals surface area (Å²) >= 11 is 0. The third-order valence-corrected chi connectivity index (χ3v) is 4.56. The molecule has 2 aromatic rings. The summed E-state index contributed by atoms with van der Waals surface area (Å²) in [5.41, 5.74) is 2.17. The zero-order chi connectivity index (χ0) is 14.8. The SMILES string of the molecule is CC(NC1CCN(C(C)C)CC1)c1nc2ccccc2[nH]1. The summed E-state index contributed by atoms with van der Waals surface area (Å²) in [7, 11) is 0. The number of hydrogen-bond donors (Lipinski definition) is 2. The molecule has 3 rings (SSSR count). The molecule has 1 unspecified atom stereocenters. The molecule has 0 radical (unpaired) electrons. The molecule has 4 nitrogen and oxygen atoms in total. The molecular weight excluding hydrogens is 260 g/mol. The zero-order valence-corrected chi connectivity index (χ0v) is 13.3. The Hall–Kier alpha value is -1.39. The Morgan fingerprint density at radius 3 is 2.57 bits per heavy atom. The first-order chi connectivity index (χ1) is 10.1. The lowest BCUT2D eigenvalue weighted by atomic mass is 10.0. The van der Waals surface area contributed by atoms with Gasteiger partial charge in [0.2, 0.25) is 0 Å². The number of aromatic nitrogens is 2. The van der Waals surface area contributed by atoms with Crippen molar-refractivity contribution in [2.45, 2.75) is 51.7 Å². The lowest BCUT2D eigenvalue weighted by Gasteiger charge is -2.35. The van der Waals surface area contributed by atoms with Gasteiger partial charge in [-0.3, -0.25) is 0 Å². The number of nitrogens with zero attached hydrogens (tertiary/aromatic N) is 2. The highest BCUT2D eigenvalue weighted by Gasteiger charge is 2.22. The van der Waals surface area contributed by atoms with Gasteiger partial charge >= 0.3 is 0 Å². The van der Waals surface area contributed by atoms with Gasteiger partial charge in [0.15, 0.2) is 0 Å². The smallest absolute Gasteiger partial charge is 0.124 e. The summed E-state index contributed by atoms with van der Waals surface area (Å²) in [6, 6.07) is 9.76. The fourth-order valence-electron chi connectivity index (χ4n) is 3.19. The number of rotatable bonds is 4. The second-order valence-electron chi connectivity index (χ2n) is 6.43. The van der Waals surface area contributed by atoms with Gasteiger partial charge in [-0.2, -0.15) is 0 Å². The minimum Gasteiger partial charge on any atom is -0.341 e. The van der Waals surface area contributed by atoms with E-state index in [0.717, 1.165) is 16.9 Å². The highest BCUT2D eigenvalue weighted by molar-refractivity contribution is 5.74. The lowest BCUT2D eigenvalue weighted by molar-refractivity contribution is 0.157. The molecule has 1 aliphatic rings. The Morgan fingerprint density at radius 2 is 1.90 bits per heavy atom. The molecule has 2 N–H and O–H groups in total. The van der Waals surface area contributed by atoms with Gasteiger partial charge in [-0.25, -0.2) is 4.98 Å². The van der Waals surface area contributed by atoms with Crippen molar-refractivity contribution in [3.05, 3.63) is 30.1 Å². The molecule has 1 atom stereocenters. The van der Waals surface area contributed by atoms with E-state index in [2.05, 4.69) is 48.1 Å². The van der Waals surface area contributed by atoms with Gasteiger partial charge in [-0.1, -0.05) is 12.1 Å². The number of benzene rings is 1. The van der Waals surface area contributed by atoms with E-state index in [4.69, 9.17) is 4.98 Å². The van der Waals surface area contributed by atoms with Crippen molar-refractivity contribution in [3.8, 4) is 0 Å². The maximum Gasteiger partial charge on any atom is 0.124 e. The molecule has 2 heterocycles. The van der Waals surface area contributed by atoms with Crippen molar-refractivity contribution in [2.24, 2.45) is 0 Å². The Morgan fingerprint density at radius 1 is 1.19 bits per heavy atom. The van der Waals surface area contributed by atoms with Crippen molar-refractivity contribution in [3.63, 3.8) is 0 Å². The average Bonchev–Trinajstić information content (AvgIpc) is 2.92. The molecule has 1 saturated heterocycles. The number of fused-ring (bicyclic) bond motifs is 1. The molecule has 4 heteroatoms. The fraction of sp³-hybridized carbons (Fsp3) is 0.588. The highest BCUT2D eigenvalue weighted by atomic mass is 15.2. The van der Waals surface area contributed by atoms with Crippen LogP contribution in [-0.4, -0.2) is 40.0 Å². The Kier molecular flexibility index (Phi) is 4.27.